The molecule has 0 aliphatic carbocycles. The molecule has 1 aliphatic rings. The highest BCUT2D eigenvalue weighted by atomic mass is 16.3. The molecule has 76 valence electrons. The number of β-amino-alcohol motifs (C(OH)–C–C–N with tert-alkyl or cyclic N) is 1. The number of nitrogens with one attached hydrogen (secondary N) is 1. The lowest BCUT2D eigenvalue weighted by Crippen LogP contribution is -2.63. The second-order valence-electron chi connectivity index (χ2n) is 4.15. The number of likely N-dealkylation sites (tertiary alicyclic amines) is 1. The number of amides is 1. The van der Waals surface area contributed by atoms with Gasteiger partial charge in [0.2, 0.25) is 5.91 Å². The van der Waals surface area contributed by atoms with Gasteiger partial charge in [0.15, 0.2) is 0 Å². The molecule has 0 aromatic carbocycles. The Hall–Kier alpha value is -0.610. The van der Waals surface area contributed by atoms with Gasteiger partial charge in [-0.3, -0.25) is 4.79 Å². The van der Waals surface area contributed by atoms with Gasteiger partial charge in [0.1, 0.15) is 0 Å². The smallest absolute Gasteiger partial charge is 0.226 e. The van der Waals surface area contributed by atoms with E-state index in [-0.39, 0.29) is 11.8 Å². The van der Waals surface area contributed by atoms with Gasteiger partial charge in [0, 0.05) is 12.5 Å². The fraction of sp³-hybridized carbons (Fsp3) is 0.889. The third-order valence-electron chi connectivity index (χ3n) is 2.31. The average Bonchev–Trinajstić information content (AvgIpc) is 1.99. The molecule has 0 saturated carbocycles. The number of carbonyl (C=O) groups excluding carboxylic acids is 1. The van der Waals surface area contributed by atoms with E-state index in [1.165, 1.54) is 0 Å². The number of aliphatic hydroxyl groups is 1. The maximum Gasteiger partial charge on any atom is 0.226 e. The molecular formula is C9H18N2O2. The number of hydrogen-bond donors (Lipinski definition) is 2. The molecule has 4 heteroatoms. The normalized spacial score (nSPS) is 22.3. The van der Waals surface area contributed by atoms with Gasteiger partial charge in [-0.2, -0.15) is 0 Å². The number of hydrogen-bond acceptors (Lipinski definition) is 3. The summed E-state index contributed by atoms with van der Waals surface area (Å²) in [6, 6.07) is 0. The summed E-state index contributed by atoms with van der Waals surface area (Å²) in [4.78, 5) is 13.3. The van der Waals surface area contributed by atoms with Crippen molar-refractivity contribution in [3.05, 3.63) is 0 Å². The minimum Gasteiger partial charge on any atom is -0.386 e. The van der Waals surface area contributed by atoms with Crippen molar-refractivity contribution in [1.82, 2.24) is 10.2 Å². The lowest BCUT2D eigenvalue weighted by Gasteiger charge is -2.45. The van der Waals surface area contributed by atoms with Crippen molar-refractivity contribution in [2.24, 2.45) is 5.92 Å². The van der Waals surface area contributed by atoms with E-state index in [1.807, 2.05) is 14.0 Å². The molecule has 1 heterocycles. The predicted molar refractivity (Wildman–Crippen MR) is 50.3 cm³/mol. The molecule has 1 rings (SSSR count). The molecule has 0 spiro atoms. The topological polar surface area (TPSA) is 52.6 Å². The van der Waals surface area contributed by atoms with Crippen LogP contribution in [0.25, 0.3) is 0 Å². The monoisotopic (exact) mass is 186 g/mol. The molecule has 4 nitrogen and oxygen atoms in total. The second-order valence-corrected chi connectivity index (χ2v) is 4.15. The number of rotatable bonds is 3. The van der Waals surface area contributed by atoms with Gasteiger partial charge in [-0.15, -0.1) is 0 Å². The Kier molecular flexibility index (Phi) is 2.93. The maximum absolute atomic E-state index is 11.6. The van der Waals surface area contributed by atoms with Crippen LogP contribution < -0.4 is 5.32 Å². The van der Waals surface area contributed by atoms with Gasteiger partial charge in [-0.05, 0) is 14.0 Å². The predicted octanol–water partition coefficient (Wildman–Crippen LogP) is -0.565. The largest absolute Gasteiger partial charge is 0.386 e. The Morgan fingerprint density at radius 1 is 1.69 bits per heavy atom. The fourth-order valence-corrected chi connectivity index (χ4v) is 1.64. The first-order valence-electron chi connectivity index (χ1n) is 4.62. The van der Waals surface area contributed by atoms with Crippen LogP contribution in [0, 0.1) is 5.92 Å². The zero-order valence-electron chi connectivity index (χ0n) is 8.50. The quantitative estimate of drug-likeness (QED) is 0.621. The summed E-state index contributed by atoms with van der Waals surface area (Å²) in [5, 5.41) is 12.4. The van der Waals surface area contributed by atoms with E-state index < -0.39 is 5.60 Å². The maximum atomic E-state index is 11.6. The van der Waals surface area contributed by atoms with Crippen molar-refractivity contribution in [2.75, 3.05) is 26.7 Å². The van der Waals surface area contributed by atoms with Gasteiger partial charge in [-0.25, -0.2) is 0 Å². The molecule has 0 aromatic heterocycles. The molecular weight excluding hydrogens is 168 g/mol. The summed E-state index contributed by atoms with van der Waals surface area (Å²) in [5.41, 5.74) is -0.658. The first-order valence-corrected chi connectivity index (χ1v) is 4.62. The van der Waals surface area contributed by atoms with Crippen LogP contribution in [0.5, 0.6) is 0 Å². The van der Waals surface area contributed by atoms with Crippen LogP contribution in [-0.4, -0.2) is 48.2 Å². The van der Waals surface area contributed by atoms with Crippen molar-refractivity contribution < 1.29 is 9.90 Å². The minimum absolute atomic E-state index is 0.00102. The third-order valence-corrected chi connectivity index (χ3v) is 2.31. The van der Waals surface area contributed by atoms with Gasteiger partial charge >= 0.3 is 0 Å². The Morgan fingerprint density at radius 2 is 2.23 bits per heavy atom. The van der Waals surface area contributed by atoms with Gasteiger partial charge in [0.25, 0.3) is 0 Å². The average molecular weight is 186 g/mol. The van der Waals surface area contributed by atoms with Crippen LogP contribution in [0.15, 0.2) is 0 Å². The Balaban J connectivity index is 2.34. The highest BCUT2D eigenvalue weighted by Gasteiger charge is 2.40. The zero-order valence-corrected chi connectivity index (χ0v) is 8.50. The van der Waals surface area contributed by atoms with Crippen LogP contribution >= 0.6 is 0 Å². The first-order chi connectivity index (χ1) is 5.96. The van der Waals surface area contributed by atoms with Crippen LogP contribution in [-0.2, 0) is 4.79 Å². The summed E-state index contributed by atoms with van der Waals surface area (Å²) >= 11 is 0. The van der Waals surface area contributed by atoms with Crippen molar-refractivity contribution >= 4 is 5.91 Å². The highest BCUT2D eigenvalue weighted by molar-refractivity contribution is 5.79. The molecule has 13 heavy (non-hydrogen) atoms. The number of carbonyl (C=O) groups is 1. The molecule has 1 fully saturated rings. The molecule has 1 aliphatic heterocycles. The second kappa shape index (κ2) is 3.64. The van der Waals surface area contributed by atoms with Crippen LogP contribution in [0.2, 0.25) is 0 Å². The molecule has 0 aromatic rings. The first kappa shape index (κ1) is 10.5. The van der Waals surface area contributed by atoms with E-state index in [4.69, 9.17) is 0 Å². The van der Waals surface area contributed by atoms with Crippen LogP contribution in [0.3, 0.4) is 0 Å². The molecule has 1 amide bonds. The zero-order chi connectivity index (χ0) is 10.1. The molecule has 0 bridgehead atoms. The molecule has 0 radical (unpaired) electrons. The number of nitrogens with zero attached hydrogens (tertiary/aromatic N) is 1. The van der Waals surface area contributed by atoms with Gasteiger partial charge in [0.05, 0.1) is 18.7 Å². The van der Waals surface area contributed by atoms with Gasteiger partial charge in [-0.1, -0.05) is 6.92 Å². The van der Waals surface area contributed by atoms with E-state index in [0.29, 0.717) is 19.6 Å². The van der Waals surface area contributed by atoms with E-state index >= 15 is 0 Å². The fourth-order valence-electron chi connectivity index (χ4n) is 1.64. The molecule has 1 atom stereocenters. The molecule has 1 unspecified atom stereocenters. The lowest BCUT2D eigenvalue weighted by molar-refractivity contribution is -0.155. The minimum atomic E-state index is -0.658. The van der Waals surface area contributed by atoms with Crippen LogP contribution in [0.4, 0.5) is 0 Å². The van der Waals surface area contributed by atoms with Gasteiger partial charge < -0.3 is 15.3 Å². The lowest BCUT2D eigenvalue weighted by atomic mass is 9.95. The van der Waals surface area contributed by atoms with E-state index in [1.54, 1.807) is 11.8 Å². The standard InChI is InChI=1S/C9H18N2O2/c1-7(4-10-3)8(12)11-5-9(2,13)6-11/h7,10,13H,4-6H2,1-3H3. The van der Waals surface area contributed by atoms with E-state index in [0.717, 1.165) is 0 Å². The van der Waals surface area contributed by atoms with E-state index in [9.17, 15) is 9.90 Å². The van der Waals surface area contributed by atoms with Crippen LogP contribution in [0.1, 0.15) is 13.8 Å². The Bertz CT molecular complexity index is 196. The Morgan fingerprint density at radius 3 is 2.62 bits per heavy atom. The third kappa shape index (κ3) is 2.42. The summed E-state index contributed by atoms with van der Waals surface area (Å²) in [6.45, 7) is 5.28. The highest BCUT2D eigenvalue weighted by Crippen LogP contribution is 2.21. The van der Waals surface area contributed by atoms with Crippen molar-refractivity contribution in [2.45, 2.75) is 19.4 Å². The Labute approximate surface area is 78.9 Å². The van der Waals surface area contributed by atoms with Crippen molar-refractivity contribution in [1.29, 1.82) is 0 Å². The SMILES string of the molecule is CNCC(C)C(=O)N1CC(C)(O)C1. The summed E-state index contributed by atoms with van der Waals surface area (Å²) in [5.74, 6) is 0.127. The summed E-state index contributed by atoms with van der Waals surface area (Å²) in [7, 11) is 1.83. The van der Waals surface area contributed by atoms with E-state index in [2.05, 4.69) is 5.32 Å². The summed E-state index contributed by atoms with van der Waals surface area (Å²) in [6.07, 6.45) is 0. The van der Waals surface area contributed by atoms with Crippen molar-refractivity contribution in [3.8, 4) is 0 Å². The summed E-state index contributed by atoms with van der Waals surface area (Å²) < 4.78 is 0. The molecule has 2 N–H and O–H groups in total. The molecule has 1 saturated heterocycles. The van der Waals surface area contributed by atoms with Crippen molar-refractivity contribution in [3.63, 3.8) is 0 Å².